The molecule has 0 aliphatic carbocycles. The van der Waals surface area contributed by atoms with Crippen LogP contribution in [0.15, 0.2) is 77.2 Å². The summed E-state index contributed by atoms with van der Waals surface area (Å²) < 4.78 is 17.4. The van der Waals surface area contributed by atoms with Crippen LogP contribution >= 0.6 is 0 Å². The average Bonchev–Trinajstić information content (AvgIpc) is 3.07. The Hall–Kier alpha value is -3.20. The lowest BCUT2D eigenvalue weighted by Gasteiger charge is -2.11. The number of methoxy groups -OCH3 is 2. The summed E-state index contributed by atoms with van der Waals surface area (Å²) in [4.78, 5) is 0. The summed E-state index contributed by atoms with van der Waals surface area (Å²) in [6.07, 6.45) is 0. The van der Waals surface area contributed by atoms with Crippen molar-refractivity contribution in [3.8, 4) is 33.9 Å². The normalized spacial score (nSPS) is 10.8. The second-order valence-electron chi connectivity index (χ2n) is 5.70. The summed E-state index contributed by atoms with van der Waals surface area (Å²) in [5.41, 5.74) is 3.76. The van der Waals surface area contributed by atoms with Gasteiger partial charge in [0.05, 0.1) is 19.8 Å². The molecule has 0 radical (unpaired) electrons. The molecule has 3 nitrogen and oxygen atoms in total. The predicted octanol–water partition coefficient (Wildman–Crippen LogP) is 5.78. The van der Waals surface area contributed by atoms with E-state index in [1.54, 1.807) is 14.2 Å². The Bertz CT molecular complexity index is 1030. The first-order valence-electron chi connectivity index (χ1n) is 8.12. The number of hydrogen-bond acceptors (Lipinski definition) is 3. The fourth-order valence-electron chi connectivity index (χ4n) is 3.19. The van der Waals surface area contributed by atoms with Gasteiger partial charge in [0.15, 0.2) is 0 Å². The largest absolute Gasteiger partial charge is 0.496 e. The highest BCUT2D eigenvalue weighted by molar-refractivity contribution is 6.03. The van der Waals surface area contributed by atoms with Gasteiger partial charge in [0.1, 0.15) is 22.8 Å². The lowest BCUT2D eigenvalue weighted by atomic mass is 9.97. The molecule has 124 valence electrons. The van der Waals surface area contributed by atoms with E-state index in [9.17, 15) is 0 Å². The number of fused-ring (bicyclic) bond motifs is 1. The van der Waals surface area contributed by atoms with Gasteiger partial charge in [0, 0.05) is 16.5 Å². The highest BCUT2D eigenvalue weighted by Crippen LogP contribution is 2.46. The van der Waals surface area contributed by atoms with Crippen molar-refractivity contribution in [1.29, 1.82) is 0 Å². The smallest absolute Gasteiger partial charge is 0.147 e. The maximum absolute atomic E-state index is 6.25. The van der Waals surface area contributed by atoms with E-state index in [2.05, 4.69) is 12.1 Å². The van der Waals surface area contributed by atoms with E-state index < -0.39 is 0 Å². The zero-order valence-corrected chi connectivity index (χ0v) is 14.2. The summed E-state index contributed by atoms with van der Waals surface area (Å²) in [5, 5.41) is 1.05. The zero-order chi connectivity index (χ0) is 17.2. The highest BCUT2D eigenvalue weighted by atomic mass is 16.5. The van der Waals surface area contributed by atoms with Crippen LogP contribution in [0.5, 0.6) is 11.5 Å². The van der Waals surface area contributed by atoms with E-state index in [0.717, 1.165) is 44.9 Å². The molecular weight excluding hydrogens is 312 g/mol. The topological polar surface area (TPSA) is 31.6 Å². The van der Waals surface area contributed by atoms with Gasteiger partial charge in [-0.05, 0) is 24.3 Å². The SMILES string of the molecule is COc1ccccc1-c1oc2ccccc2c1-c1ccccc1OC. The molecule has 0 amide bonds. The lowest BCUT2D eigenvalue weighted by molar-refractivity contribution is 0.414. The minimum atomic E-state index is 0.776. The molecule has 25 heavy (non-hydrogen) atoms. The summed E-state index contributed by atoms with van der Waals surface area (Å²) in [6.45, 7) is 0. The quantitative estimate of drug-likeness (QED) is 0.475. The van der Waals surface area contributed by atoms with Crippen molar-refractivity contribution in [3.05, 3.63) is 72.8 Å². The molecular formula is C22H18O3. The second-order valence-corrected chi connectivity index (χ2v) is 5.70. The third-order valence-electron chi connectivity index (χ3n) is 4.32. The summed E-state index contributed by atoms with van der Waals surface area (Å²) >= 11 is 0. The maximum Gasteiger partial charge on any atom is 0.147 e. The van der Waals surface area contributed by atoms with Crippen LogP contribution in [0.25, 0.3) is 33.4 Å². The molecule has 0 atom stereocenters. The van der Waals surface area contributed by atoms with Crippen molar-refractivity contribution < 1.29 is 13.9 Å². The van der Waals surface area contributed by atoms with Crippen LogP contribution in [0.3, 0.4) is 0 Å². The van der Waals surface area contributed by atoms with Gasteiger partial charge in [0.2, 0.25) is 0 Å². The molecule has 4 aromatic rings. The molecule has 0 aliphatic heterocycles. The first kappa shape index (κ1) is 15.3. The number of furan rings is 1. The van der Waals surface area contributed by atoms with Crippen molar-refractivity contribution in [1.82, 2.24) is 0 Å². The molecule has 0 saturated heterocycles. The van der Waals surface area contributed by atoms with E-state index in [-0.39, 0.29) is 0 Å². The molecule has 3 heteroatoms. The van der Waals surface area contributed by atoms with Crippen LogP contribution in [0, 0.1) is 0 Å². The third-order valence-corrected chi connectivity index (χ3v) is 4.32. The number of benzene rings is 3. The van der Waals surface area contributed by atoms with Crippen molar-refractivity contribution in [2.45, 2.75) is 0 Å². The Balaban J connectivity index is 2.09. The van der Waals surface area contributed by atoms with E-state index in [0.29, 0.717) is 0 Å². The maximum atomic E-state index is 6.25. The fraction of sp³-hybridized carbons (Fsp3) is 0.0909. The number of hydrogen-bond donors (Lipinski definition) is 0. The van der Waals surface area contributed by atoms with Crippen LogP contribution in [0.1, 0.15) is 0 Å². The van der Waals surface area contributed by atoms with E-state index >= 15 is 0 Å². The van der Waals surface area contributed by atoms with Gasteiger partial charge in [-0.3, -0.25) is 0 Å². The van der Waals surface area contributed by atoms with Gasteiger partial charge < -0.3 is 13.9 Å². The summed E-state index contributed by atoms with van der Waals surface area (Å²) in [7, 11) is 3.36. The minimum Gasteiger partial charge on any atom is -0.496 e. The molecule has 3 aromatic carbocycles. The Labute approximate surface area is 146 Å². The number of rotatable bonds is 4. The Kier molecular flexibility index (Phi) is 3.90. The first-order valence-corrected chi connectivity index (χ1v) is 8.12. The Morgan fingerprint density at radius 1 is 0.640 bits per heavy atom. The number of para-hydroxylation sites is 3. The average molecular weight is 330 g/mol. The van der Waals surface area contributed by atoms with Crippen LogP contribution in [-0.4, -0.2) is 14.2 Å². The highest BCUT2D eigenvalue weighted by Gasteiger charge is 2.21. The number of ether oxygens (including phenoxy) is 2. The van der Waals surface area contributed by atoms with Crippen LogP contribution in [0.2, 0.25) is 0 Å². The van der Waals surface area contributed by atoms with Crippen molar-refractivity contribution in [2.24, 2.45) is 0 Å². The standard InChI is InChI=1S/C22H18O3/c1-23-18-12-6-3-9-15(18)21-16-10-4-8-14-20(16)25-22(21)17-11-5-7-13-19(17)24-2/h3-14H,1-2H3. The van der Waals surface area contributed by atoms with Gasteiger partial charge in [0.25, 0.3) is 0 Å². The van der Waals surface area contributed by atoms with Crippen LogP contribution in [0.4, 0.5) is 0 Å². The summed E-state index contributed by atoms with van der Waals surface area (Å²) in [6, 6.07) is 23.9. The molecule has 0 spiro atoms. The second kappa shape index (κ2) is 6.36. The molecule has 0 aliphatic rings. The molecule has 0 fully saturated rings. The monoisotopic (exact) mass is 330 g/mol. The van der Waals surface area contributed by atoms with E-state index in [1.165, 1.54) is 0 Å². The van der Waals surface area contributed by atoms with Crippen molar-refractivity contribution in [2.75, 3.05) is 14.2 Å². The summed E-state index contributed by atoms with van der Waals surface area (Å²) in [5.74, 6) is 2.37. The van der Waals surface area contributed by atoms with Crippen molar-refractivity contribution in [3.63, 3.8) is 0 Å². The minimum absolute atomic E-state index is 0.776. The molecule has 0 N–H and O–H groups in total. The van der Waals surface area contributed by atoms with E-state index in [4.69, 9.17) is 13.9 Å². The molecule has 0 bridgehead atoms. The van der Waals surface area contributed by atoms with Crippen LogP contribution < -0.4 is 9.47 Å². The van der Waals surface area contributed by atoms with Crippen molar-refractivity contribution >= 4 is 11.0 Å². The third kappa shape index (κ3) is 2.54. The van der Waals surface area contributed by atoms with E-state index in [1.807, 2.05) is 60.7 Å². The van der Waals surface area contributed by atoms with Crippen LogP contribution in [-0.2, 0) is 0 Å². The predicted molar refractivity (Wildman–Crippen MR) is 100 cm³/mol. The first-order chi connectivity index (χ1) is 12.3. The molecule has 1 aromatic heterocycles. The fourth-order valence-corrected chi connectivity index (χ4v) is 3.19. The van der Waals surface area contributed by atoms with Gasteiger partial charge >= 0.3 is 0 Å². The molecule has 0 saturated carbocycles. The molecule has 1 heterocycles. The Morgan fingerprint density at radius 2 is 1.20 bits per heavy atom. The van der Waals surface area contributed by atoms with Gasteiger partial charge in [-0.2, -0.15) is 0 Å². The molecule has 4 rings (SSSR count). The van der Waals surface area contributed by atoms with Gasteiger partial charge in [-0.25, -0.2) is 0 Å². The Morgan fingerprint density at radius 3 is 1.92 bits per heavy atom. The molecule has 0 unspecified atom stereocenters. The lowest BCUT2D eigenvalue weighted by Crippen LogP contribution is -1.90. The van der Waals surface area contributed by atoms with Gasteiger partial charge in [-0.15, -0.1) is 0 Å². The van der Waals surface area contributed by atoms with Gasteiger partial charge in [-0.1, -0.05) is 48.5 Å². The zero-order valence-electron chi connectivity index (χ0n) is 14.2.